The van der Waals surface area contributed by atoms with E-state index in [1.165, 1.54) is 55.3 Å². The molecule has 4 heterocycles. The van der Waals surface area contributed by atoms with Crippen LogP contribution in [0, 0.1) is 0 Å². The molecule has 0 spiro atoms. The van der Waals surface area contributed by atoms with Gasteiger partial charge < -0.3 is 9.80 Å². The van der Waals surface area contributed by atoms with Crippen LogP contribution in [0.2, 0.25) is 0 Å². The molecular weight excluding hydrogens is 390 g/mol. The number of rotatable bonds is 5. The summed E-state index contributed by atoms with van der Waals surface area (Å²) in [6.07, 6.45) is 5.25. The van der Waals surface area contributed by atoms with Gasteiger partial charge in [-0.2, -0.15) is 0 Å². The Labute approximate surface area is 183 Å². The summed E-state index contributed by atoms with van der Waals surface area (Å²) in [4.78, 5) is 18.6. The van der Waals surface area contributed by atoms with E-state index >= 15 is 0 Å². The lowest BCUT2D eigenvalue weighted by atomic mass is 10.0. The van der Waals surface area contributed by atoms with Crippen LogP contribution in [0.1, 0.15) is 31.5 Å². The topological polar surface area (TPSA) is 35.5 Å². The number of benzene rings is 1. The molecule has 2 aliphatic heterocycles. The molecule has 2 fully saturated rings. The summed E-state index contributed by atoms with van der Waals surface area (Å²) < 4.78 is 0. The van der Waals surface area contributed by atoms with Crippen molar-refractivity contribution in [3.8, 4) is 11.1 Å². The third-order valence-corrected chi connectivity index (χ3v) is 7.23. The normalized spacial score (nSPS) is 20.5. The number of anilines is 1. The molecule has 158 valence electrons. The van der Waals surface area contributed by atoms with Gasteiger partial charge in [0.1, 0.15) is 16.5 Å². The van der Waals surface area contributed by atoms with Gasteiger partial charge in [0.25, 0.3) is 0 Å². The molecule has 0 radical (unpaired) electrons. The van der Waals surface area contributed by atoms with Gasteiger partial charge >= 0.3 is 0 Å². The van der Waals surface area contributed by atoms with Crippen LogP contribution in [0.5, 0.6) is 0 Å². The number of hydrogen-bond acceptors (Lipinski definition) is 6. The highest BCUT2D eigenvalue weighted by molar-refractivity contribution is 7.17. The predicted molar refractivity (Wildman–Crippen MR) is 126 cm³/mol. The van der Waals surface area contributed by atoms with Crippen LogP contribution in [0.15, 0.2) is 35.7 Å². The third-order valence-electron chi connectivity index (χ3n) is 6.36. The van der Waals surface area contributed by atoms with Crippen LogP contribution in [-0.2, 0) is 6.54 Å². The molecule has 0 amide bonds. The van der Waals surface area contributed by atoms with E-state index in [1.807, 2.05) is 0 Å². The van der Waals surface area contributed by atoms with Gasteiger partial charge in [0, 0.05) is 30.1 Å². The number of hydrogen-bond donors (Lipinski definition) is 0. The fraction of sp³-hybridized carbons (Fsp3) is 0.500. The molecule has 1 unspecified atom stereocenters. The van der Waals surface area contributed by atoms with Gasteiger partial charge in [-0.15, -0.1) is 11.3 Å². The van der Waals surface area contributed by atoms with Crippen LogP contribution >= 0.6 is 11.3 Å². The first kappa shape index (κ1) is 19.9. The monoisotopic (exact) mass is 421 g/mol. The van der Waals surface area contributed by atoms with Crippen LogP contribution in [0.3, 0.4) is 0 Å². The molecule has 6 heteroatoms. The van der Waals surface area contributed by atoms with Crippen LogP contribution < -0.4 is 4.90 Å². The fourth-order valence-corrected chi connectivity index (χ4v) is 5.89. The van der Waals surface area contributed by atoms with Crippen molar-refractivity contribution in [2.45, 2.75) is 38.3 Å². The van der Waals surface area contributed by atoms with Crippen molar-refractivity contribution < 1.29 is 0 Å². The van der Waals surface area contributed by atoms with Gasteiger partial charge in [0.2, 0.25) is 0 Å². The van der Waals surface area contributed by atoms with Gasteiger partial charge in [-0.25, -0.2) is 9.97 Å². The fourth-order valence-electron chi connectivity index (χ4n) is 4.93. The molecule has 2 aromatic heterocycles. The minimum Gasteiger partial charge on any atom is -0.354 e. The third kappa shape index (κ3) is 3.96. The molecule has 2 saturated heterocycles. The van der Waals surface area contributed by atoms with Crippen molar-refractivity contribution in [3.63, 3.8) is 0 Å². The van der Waals surface area contributed by atoms with Crippen molar-refractivity contribution in [1.29, 1.82) is 0 Å². The lowest BCUT2D eigenvalue weighted by molar-refractivity contribution is 0.215. The van der Waals surface area contributed by atoms with Crippen molar-refractivity contribution in [2.75, 3.05) is 45.2 Å². The Kier molecular flexibility index (Phi) is 5.72. The molecule has 30 heavy (non-hydrogen) atoms. The predicted octanol–water partition coefficient (Wildman–Crippen LogP) is 4.48. The van der Waals surface area contributed by atoms with Gasteiger partial charge in [-0.3, -0.25) is 4.90 Å². The Hall–Kier alpha value is -2.02. The molecule has 5 nitrogen and oxygen atoms in total. The molecule has 0 aliphatic carbocycles. The minimum absolute atomic E-state index is 0.655. The standard InChI is InChI=1S/C24H31N5S/c1-27(2)16-21-25-23(29-14-8-11-19(15-29)28-12-6-7-13-28)22-20(17-30-24(22)26-21)18-9-4-3-5-10-18/h3-5,9-10,17,19H,6-8,11-16H2,1-2H3. The van der Waals surface area contributed by atoms with Crippen LogP contribution in [0.4, 0.5) is 5.82 Å². The van der Waals surface area contributed by atoms with Gasteiger partial charge in [-0.05, 0) is 58.4 Å². The van der Waals surface area contributed by atoms with E-state index in [1.54, 1.807) is 11.3 Å². The zero-order valence-corrected chi connectivity index (χ0v) is 18.9. The summed E-state index contributed by atoms with van der Waals surface area (Å²) >= 11 is 1.75. The summed E-state index contributed by atoms with van der Waals surface area (Å²) in [7, 11) is 4.17. The van der Waals surface area contributed by atoms with Crippen molar-refractivity contribution in [3.05, 3.63) is 41.5 Å². The van der Waals surface area contributed by atoms with Crippen molar-refractivity contribution >= 4 is 27.4 Å². The molecule has 5 rings (SSSR count). The Morgan fingerprint density at radius 3 is 2.60 bits per heavy atom. The maximum atomic E-state index is 5.15. The molecule has 2 aliphatic rings. The molecule has 0 saturated carbocycles. The minimum atomic E-state index is 0.655. The highest BCUT2D eigenvalue weighted by Crippen LogP contribution is 2.39. The average molecular weight is 422 g/mol. The van der Waals surface area contributed by atoms with Crippen molar-refractivity contribution in [2.24, 2.45) is 0 Å². The summed E-state index contributed by atoms with van der Waals surface area (Å²) in [6, 6.07) is 11.4. The van der Waals surface area contributed by atoms with Gasteiger partial charge in [0.05, 0.1) is 11.9 Å². The van der Waals surface area contributed by atoms with E-state index in [-0.39, 0.29) is 0 Å². The molecule has 0 N–H and O–H groups in total. The Bertz CT molecular complexity index is 994. The maximum Gasteiger partial charge on any atom is 0.146 e. The SMILES string of the molecule is CN(C)Cc1nc(N2CCCC(N3CCCC3)C2)c2c(-c3ccccc3)csc2n1. The number of fused-ring (bicyclic) bond motifs is 1. The first-order valence-electron chi connectivity index (χ1n) is 11.2. The molecule has 3 aromatic rings. The Balaban J connectivity index is 1.58. The summed E-state index contributed by atoms with van der Waals surface area (Å²) in [6.45, 7) is 5.46. The number of thiophene rings is 1. The first-order valence-corrected chi connectivity index (χ1v) is 12.0. The van der Waals surface area contributed by atoms with Crippen LogP contribution in [0.25, 0.3) is 21.3 Å². The highest BCUT2D eigenvalue weighted by atomic mass is 32.1. The number of piperidine rings is 1. The van der Waals surface area contributed by atoms with E-state index < -0.39 is 0 Å². The maximum absolute atomic E-state index is 5.15. The van der Waals surface area contributed by atoms with Crippen molar-refractivity contribution in [1.82, 2.24) is 19.8 Å². The molecular formula is C24H31N5S. The van der Waals surface area contributed by atoms with Gasteiger partial charge in [0.15, 0.2) is 0 Å². The smallest absolute Gasteiger partial charge is 0.146 e. The number of nitrogens with zero attached hydrogens (tertiary/aromatic N) is 5. The Morgan fingerprint density at radius 1 is 1.03 bits per heavy atom. The van der Waals surface area contributed by atoms with Crippen LogP contribution in [-0.4, -0.2) is 66.1 Å². The Morgan fingerprint density at radius 2 is 1.83 bits per heavy atom. The van der Waals surface area contributed by atoms with E-state index in [0.717, 1.165) is 36.1 Å². The largest absolute Gasteiger partial charge is 0.354 e. The average Bonchev–Trinajstić information content (AvgIpc) is 3.44. The summed E-state index contributed by atoms with van der Waals surface area (Å²) in [5, 5.41) is 3.50. The van der Waals surface area contributed by atoms with E-state index in [4.69, 9.17) is 9.97 Å². The van der Waals surface area contributed by atoms with E-state index in [0.29, 0.717) is 6.04 Å². The zero-order valence-electron chi connectivity index (χ0n) is 18.0. The molecule has 1 aromatic carbocycles. The zero-order chi connectivity index (χ0) is 20.5. The van der Waals surface area contributed by atoms with E-state index in [2.05, 4.69) is 64.5 Å². The first-order chi connectivity index (χ1) is 14.7. The lowest BCUT2D eigenvalue weighted by Crippen LogP contribution is -2.47. The lowest BCUT2D eigenvalue weighted by Gasteiger charge is -2.38. The summed E-state index contributed by atoms with van der Waals surface area (Å²) in [5.74, 6) is 2.06. The van der Waals surface area contributed by atoms with Gasteiger partial charge in [-0.1, -0.05) is 30.3 Å². The molecule has 1 atom stereocenters. The quantitative estimate of drug-likeness (QED) is 0.607. The second kappa shape index (κ2) is 8.61. The second-order valence-corrected chi connectivity index (χ2v) is 9.74. The van der Waals surface area contributed by atoms with E-state index in [9.17, 15) is 0 Å². The second-order valence-electron chi connectivity index (χ2n) is 8.88. The highest BCUT2D eigenvalue weighted by Gasteiger charge is 2.29. The molecule has 0 bridgehead atoms. The number of aromatic nitrogens is 2. The number of likely N-dealkylation sites (tertiary alicyclic amines) is 1. The summed E-state index contributed by atoms with van der Waals surface area (Å²) in [5.41, 5.74) is 2.52.